The predicted molar refractivity (Wildman–Crippen MR) is 140 cm³/mol. The van der Waals surface area contributed by atoms with Crippen molar-refractivity contribution >= 4 is 10.0 Å². The van der Waals surface area contributed by atoms with Gasteiger partial charge in [0.15, 0.2) is 5.82 Å². The lowest BCUT2D eigenvalue weighted by molar-refractivity contribution is 0.177. The molecule has 0 spiro atoms. The molecular weight excluding hydrogens is 521 g/mol. The summed E-state index contributed by atoms with van der Waals surface area (Å²) < 4.78 is 53.3. The van der Waals surface area contributed by atoms with Crippen LogP contribution in [0.5, 0.6) is 11.5 Å². The molecule has 1 saturated carbocycles. The number of likely N-dealkylation sites (tertiary alicyclic amines) is 1. The molecule has 2 fully saturated rings. The Balaban J connectivity index is 1.01. The minimum atomic E-state index is -3.66. The van der Waals surface area contributed by atoms with Crippen LogP contribution in [0.15, 0.2) is 82.5 Å². The largest absolute Gasteiger partial charge is 0.456 e. The number of nitrogens with one attached hydrogen (secondary N) is 1. The minimum Gasteiger partial charge on any atom is -0.456 e. The number of piperidine rings is 1. The van der Waals surface area contributed by atoms with Crippen LogP contribution >= 0.6 is 0 Å². The summed E-state index contributed by atoms with van der Waals surface area (Å²) in [6.07, 6.45) is 6.39. The molecule has 2 aliphatic rings. The van der Waals surface area contributed by atoms with Gasteiger partial charge in [-0.25, -0.2) is 17.5 Å². The summed E-state index contributed by atoms with van der Waals surface area (Å²) in [6.45, 7) is 1.90. The fourth-order valence-electron chi connectivity index (χ4n) is 4.97. The van der Waals surface area contributed by atoms with Gasteiger partial charge in [0.25, 0.3) is 0 Å². The third kappa shape index (κ3) is 5.70. The fraction of sp³-hybridized carbons (Fsp3) is 0.321. The van der Waals surface area contributed by atoms with Gasteiger partial charge < -0.3 is 9.26 Å². The number of rotatable bonds is 9. The molecule has 2 aromatic heterocycles. The molecule has 0 atom stereocenters. The molecule has 1 N–H and O–H groups in total. The SMILES string of the molecule is O=S(=O)(NC1CCN(Cc2nc(C3(c4ccc(F)cc4)CC3)no2)CC1)c1ccc(Oc2cccnc2)cc1. The summed E-state index contributed by atoms with van der Waals surface area (Å²) >= 11 is 0. The molecule has 202 valence electrons. The highest BCUT2D eigenvalue weighted by Gasteiger charge is 2.50. The van der Waals surface area contributed by atoms with Crippen LogP contribution in [0.4, 0.5) is 4.39 Å². The van der Waals surface area contributed by atoms with Crippen molar-refractivity contribution in [2.24, 2.45) is 0 Å². The van der Waals surface area contributed by atoms with Gasteiger partial charge >= 0.3 is 0 Å². The number of pyridine rings is 1. The lowest BCUT2D eigenvalue weighted by Crippen LogP contribution is -2.44. The first-order valence-corrected chi connectivity index (χ1v) is 14.4. The van der Waals surface area contributed by atoms with E-state index in [4.69, 9.17) is 9.26 Å². The molecule has 1 aliphatic carbocycles. The standard InChI is InChI=1S/C28H28FN5O4S/c29-21-5-3-20(4-6-21)28(13-14-28)27-31-26(38-32-27)19-34-16-11-22(12-17-34)33-39(35,36)25-9-7-23(8-10-25)37-24-2-1-15-30-18-24/h1-10,15,18,22,33H,11-14,16-17,19H2. The number of hydrogen-bond donors (Lipinski definition) is 1. The summed E-state index contributed by atoms with van der Waals surface area (Å²) in [4.78, 5) is 11.0. The molecule has 0 bridgehead atoms. The van der Waals surface area contributed by atoms with Crippen molar-refractivity contribution in [2.45, 2.75) is 48.6 Å². The van der Waals surface area contributed by atoms with Gasteiger partial charge in [-0.3, -0.25) is 9.88 Å². The molecule has 11 heteroatoms. The van der Waals surface area contributed by atoms with Crippen LogP contribution in [0.1, 0.15) is 43.0 Å². The van der Waals surface area contributed by atoms with E-state index in [1.807, 2.05) is 0 Å². The molecule has 0 unspecified atom stereocenters. The monoisotopic (exact) mass is 549 g/mol. The summed E-state index contributed by atoms with van der Waals surface area (Å²) in [5.74, 6) is 2.02. The van der Waals surface area contributed by atoms with Crippen LogP contribution in [-0.2, 0) is 22.0 Å². The van der Waals surface area contributed by atoms with E-state index in [9.17, 15) is 12.8 Å². The van der Waals surface area contributed by atoms with E-state index in [2.05, 4.69) is 24.7 Å². The average Bonchev–Trinajstić information content (AvgIpc) is 3.62. The summed E-state index contributed by atoms with van der Waals surface area (Å²) in [5.41, 5.74) is 0.712. The minimum absolute atomic E-state index is 0.163. The Morgan fingerprint density at radius 2 is 1.77 bits per heavy atom. The summed E-state index contributed by atoms with van der Waals surface area (Å²) in [5, 5.41) is 4.23. The van der Waals surface area contributed by atoms with Gasteiger partial charge in [0.1, 0.15) is 17.3 Å². The molecule has 3 heterocycles. The van der Waals surface area contributed by atoms with Crippen molar-refractivity contribution in [1.29, 1.82) is 0 Å². The third-order valence-electron chi connectivity index (χ3n) is 7.32. The highest BCUT2D eigenvalue weighted by atomic mass is 32.2. The van der Waals surface area contributed by atoms with Crippen LogP contribution in [0.2, 0.25) is 0 Å². The van der Waals surface area contributed by atoms with Crippen LogP contribution in [0.3, 0.4) is 0 Å². The zero-order valence-corrected chi connectivity index (χ0v) is 22.0. The molecule has 4 aromatic rings. The highest BCUT2D eigenvalue weighted by molar-refractivity contribution is 7.89. The number of sulfonamides is 1. The average molecular weight is 550 g/mol. The van der Waals surface area contributed by atoms with Gasteiger partial charge in [-0.2, -0.15) is 4.98 Å². The van der Waals surface area contributed by atoms with Crippen molar-refractivity contribution in [3.8, 4) is 11.5 Å². The Hall–Kier alpha value is -3.67. The zero-order valence-electron chi connectivity index (χ0n) is 21.2. The van der Waals surface area contributed by atoms with E-state index in [0.717, 1.165) is 18.4 Å². The quantitative estimate of drug-likeness (QED) is 0.327. The Kier molecular flexibility index (Phi) is 6.88. The Labute approximate surface area is 226 Å². The van der Waals surface area contributed by atoms with Gasteiger partial charge in [-0.1, -0.05) is 17.3 Å². The molecular formula is C28H28FN5O4S. The van der Waals surface area contributed by atoms with Crippen molar-refractivity contribution in [3.05, 3.63) is 96.2 Å². The van der Waals surface area contributed by atoms with Gasteiger partial charge in [-0.15, -0.1) is 0 Å². The van der Waals surface area contributed by atoms with Crippen LogP contribution in [0, 0.1) is 5.82 Å². The lowest BCUT2D eigenvalue weighted by atomic mass is 9.95. The Morgan fingerprint density at radius 3 is 2.44 bits per heavy atom. The van der Waals surface area contributed by atoms with E-state index in [-0.39, 0.29) is 22.2 Å². The fourth-order valence-corrected chi connectivity index (χ4v) is 6.27. The second-order valence-electron chi connectivity index (χ2n) is 10.0. The Morgan fingerprint density at radius 1 is 1.03 bits per heavy atom. The topological polar surface area (TPSA) is 110 Å². The molecule has 6 rings (SSSR count). The summed E-state index contributed by atoms with van der Waals surface area (Å²) in [7, 11) is -3.66. The van der Waals surface area contributed by atoms with Crippen LogP contribution in [0.25, 0.3) is 0 Å². The number of halogens is 1. The zero-order chi connectivity index (χ0) is 26.9. The second kappa shape index (κ2) is 10.5. The number of benzene rings is 2. The van der Waals surface area contributed by atoms with E-state index in [1.165, 1.54) is 24.3 Å². The number of nitrogens with zero attached hydrogens (tertiary/aromatic N) is 4. The Bertz CT molecular complexity index is 1520. The number of aromatic nitrogens is 3. The van der Waals surface area contributed by atoms with Crippen molar-refractivity contribution in [3.63, 3.8) is 0 Å². The van der Waals surface area contributed by atoms with Crippen molar-refractivity contribution in [1.82, 2.24) is 24.7 Å². The predicted octanol–water partition coefficient (Wildman–Crippen LogP) is 4.42. The number of hydrogen-bond acceptors (Lipinski definition) is 8. The first-order valence-electron chi connectivity index (χ1n) is 12.9. The molecule has 1 aliphatic heterocycles. The third-order valence-corrected chi connectivity index (χ3v) is 8.85. The van der Waals surface area contributed by atoms with Crippen molar-refractivity contribution < 1.29 is 22.1 Å². The van der Waals surface area contributed by atoms with Gasteiger partial charge in [0.05, 0.1) is 23.1 Å². The highest BCUT2D eigenvalue weighted by Crippen LogP contribution is 2.52. The van der Waals surface area contributed by atoms with Crippen molar-refractivity contribution in [2.75, 3.05) is 13.1 Å². The van der Waals surface area contributed by atoms with Gasteiger partial charge in [0, 0.05) is 25.3 Å². The van der Waals surface area contributed by atoms with E-state index < -0.39 is 10.0 Å². The maximum atomic E-state index is 13.3. The first-order chi connectivity index (χ1) is 18.9. The molecule has 9 nitrogen and oxygen atoms in total. The smallest absolute Gasteiger partial charge is 0.240 e. The lowest BCUT2D eigenvalue weighted by Gasteiger charge is -2.31. The second-order valence-corrected chi connectivity index (χ2v) is 11.7. The van der Waals surface area contributed by atoms with Crippen LogP contribution in [-0.4, -0.2) is 47.6 Å². The van der Waals surface area contributed by atoms with E-state index >= 15 is 0 Å². The van der Waals surface area contributed by atoms with E-state index in [0.29, 0.717) is 55.7 Å². The normalized spacial score (nSPS) is 17.7. The van der Waals surface area contributed by atoms with Crippen LogP contribution < -0.4 is 9.46 Å². The maximum absolute atomic E-state index is 13.3. The first kappa shape index (κ1) is 25.6. The molecule has 39 heavy (non-hydrogen) atoms. The number of ether oxygens (including phenoxy) is 1. The summed E-state index contributed by atoms with van der Waals surface area (Å²) in [6, 6.07) is 16.2. The van der Waals surface area contributed by atoms with E-state index in [1.54, 1.807) is 48.8 Å². The van der Waals surface area contributed by atoms with Gasteiger partial charge in [-0.05, 0) is 79.8 Å². The molecule has 1 saturated heterocycles. The molecule has 0 radical (unpaired) electrons. The van der Waals surface area contributed by atoms with Gasteiger partial charge in [0.2, 0.25) is 15.9 Å². The molecule has 0 amide bonds. The molecule has 2 aromatic carbocycles. The maximum Gasteiger partial charge on any atom is 0.240 e.